The number of ether oxygens (including phenoxy) is 1. The Balaban J connectivity index is 1.81. The molecule has 1 aromatic rings. The van der Waals surface area contributed by atoms with E-state index in [4.69, 9.17) is 4.74 Å². The number of carbonyl (C=O) groups is 3. The number of hydrogen-bond donors (Lipinski definition) is 3. The first-order chi connectivity index (χ1) is 14.8. The van der Waals surface area contributed by atoms with Crippen molar-refractivity contribution in [2.75, 3.05) is 6.54 Å². The lowest BCUT2D eigenvalue weighted by Crippen LogP contribution is -2.66. The van der Waals surface area contributed by atoms with Crippen LogP contribution in [0.2, 0.25) is 0 Å². The smallest absolute Gasteiger partial charge is 0.306 e. The molecule has 1 saturated heterocycles. The molecule has 31 heavy (non-hydrogen) atoms. The number of nitrogens with zero attached hydrogens (tertiary/aromatic N) is 1. The number of piperidine rings is 1. The van der Waals surface area contributed by atoms with Gasteiger partial charge in [-0.05, 0) is 24.8 Å². The molecule has 2 amide bonds. The van der Waals surface area contributed by atoms with Crippen molar-refractivity contribution in [1.29, 1.82) is 0 Å². The highest BCUT2D eigenvalue weighted by molar-refractivity contribution is 5.77. The number of unbranched alkanes of at least 4 members (excludes halogenated alkanes) is 1. The summed E-state index contributed by atoms with van der Waals surface area (Å²) in [5.74, 6) is -0.867. The van der Waals surface area contributed by atoms with Crippen LogP contribution in [0, 0.1) is 0 Å². The van der Waals surface area contributed by atoms with Gasteiger partial charge < -0.3 is 25.2 Å². The van der Waals surface area contributed by atoms with Gasteiger partial charge in [0.2, 0.25) is 11.8 Å². The molecule has 0 aromatic heterocycles. The van der Waals surface area contributed by atoms with Crippen LogP contribution < -0.4 is 5.32 Å². The van der Waals surface area contributed by atoms with Crippen LogP contribution in [0.1, 0.15) is 44.6 Å². The van der Waals surface area contributed by atoms with Gasteiger partial charge in [-0.1, -0.05) is 36.4 Å². The fraction of sp³-hybridized carbons (Fsp3) is 0.522. The van der Waals surface area contributed by atoms with Gasteiger partial charge in [-0.3, -0.25) is 14.4 Å². The van der Waals surface area contributed by atoms with Gasteiger partial charge in [0.1, 0.15) is 18.8 Å². The van der Waals surface area contributed by atoms with Crippen LogP contribution in [0.15, 0.2) is 43.0 Å². The van der Waals surface area contributed by atoms with Crippen molar-refractivity contribution in [2.24, 2.45) is 0 Å². The number of nitrogens with one attached hydrogen (secondary N) is 1. The Morgan fingerprint density at radius 1 is 1.16 bits per heavy atom. The van der Waals surface area contributed by atoms with E-state index in [0.717, 1.165) is 5.56 Å². The van der Waals surface area contributed by atoms with E-state index in [-0.39, 0.29) is 43.8 Å². The maximum absolute atomic E-state index is 12.8. The van der Waals surface area contributed by atoms with Crippen molar-refractivity contribution < 1.29 is 29.3 Å². The number of likely N-dealkylation sites (tertiary alicyclic amines) is 1. The molecular weight excluding hydrogens is 400 g/mol. The SMILES string of the molecule is C=CC[C@@H]1[C@H](O)[C@H](O)[C@@H](NC(C)=O)CN1C(=O)CCCCC(=O)OCc1ccccc1. The molecule has 0 radical (unpaired) electrons. The maximum Gasteiger partial charge on any atom is 0.306 e. The largest absolute Gasteiger partial charge is 0.461 e. The van der Waals surface area contributed by atoms with Gasteiger partial charge in [0, 0.05) is 26.3 Å². The summed E-state index contributed by atoms with van der Waals surface area (Å²) in [7, 11) is 0. The Morgan fingerprint density at radius 2 is 1.84 bits per heavy atom. The molecule has 0 unspecified atom stereocenters. The van der Waals surface area contributed by atoms with Crippen molar-refractivity contribution in [3.8, 4) is 0 Å². The number of esters is 1. The Bertz CT molecular complexity index is 754. The number of carbonyl (C=O) groups excluding carboxylic acids is 3. The number of aliphatic hydroxyl groups is 2. The van der Waals surface area contributed by atoms with E-state index in [1.165, 1.54) is 11.8 Å². The predicted molar refractivity (Wildman–Crippen MR) is 115 cm³/mol. The van der Waals surface area contributed by atoms with Gasteiger partial charge in [-0.25, -0.2) is 0 Å². The lowest BCUT2D eigenvalue weighted by atomic mass is 9.89. The topological polar surface area (TPSA) is 116 Å². The number of benzene rings is 1. The lowest BCUT2D eigenvalue weighted by Gasteiger charge is -2.45. The highest BCUT2D eigenvalue weighted by Gasteiger charge is 2.43. The third-order valence-corrected chi connectivity index (χ3v) is 5.33. The van der Waals surface area contributed by atoms with Gasteiger partial charge in [0.15, 0.2) is 0 Å². The molecule has 8 heteroatoms. The molecule has 1 aliphatic rings. The number of aliphatic hydroxyl groups excluding tert-OH is 2. The summed E-state index contributed by atoms with van der Waals surface area (Å²) in [6.07, 6.45) is 0.934. The second kappa shape index (κ2) is 12.2. The molecule has 0 spiro atoms. The molecule has 8 nitrogen and oxygen atoms in total. The zero-order valence-electron chi connectivity index (χ0n) is 17.9. The van der Waals surface area contributed by atoms with Crippen molar-refractivity contribution >= 4 is 17.8 Å². The summed E-state index contributed by atoms with van der Waals surface area (Å²) in [6, 6.07) is 8.05. The summed E-state index contributed by atoms with van der Waals surface area (Å²) in [6.45, 7) is 5.30. The van der Waals surface area contributed by atoms with Crippen molar-refractivity contribution in [3.05, 3.63) is 48.6 Å². The zero-order chi connectivity index (χ0) is 22.8. The highest BCUT2D eigenvalue weighted by atomic mass is 16.5. The van der Waals surface area contributed by atoms with Crippen molar-refractivity contribution in [3.63, 3.8) is 0 Å². The van der Waals surface area contributed by atoms with Gasteiger partial charge in [-0.15, -0.1) is 6.58 Å². The molecule has 4 atom stereocenters. The minimum atomic E-state index is -1.19. The molecule has 170 valence electrons. The second-order valence-electron chi connectivity index (χ2n) is 7.78. The first-order valence-electron chi connectivity index (χ1n) is 10.6. The highest BCUT2D eigenvalue weighted by Crippen LogP contribution is 2.23. The Labute approximate surface area is 182 Å². The molecular formula is C23H32N2O6. The minimum Gasteiger partial charge on any atom is -0.461 e. The Kier molecular flexibility index (Phi) is 9.68. The summed E-state index contributed by atoms with van der Waals surface area (Å²) in [4.78, 5) is 37.6. The van der Waals surface area contributed by atoms with Gasteiger partial charge >= 0.3 is 5.97 Å². The van der Waals surface area contributed by atoms with E-state index in [1.807, 2.05) is 30.3 Å². The molecule has 0 aliphatic carbocycles. The van der Waals surface area contributed by atoms with Crippen LogP contribution in [-0.4, -0.2) is 63.7 Å². The first-order valence-corrected chi connectivity index (χ1v) is 10.6. The Morgan fingerprint density at radius 3 is 2.48 bits per heavy atom. The Hall–Kier alpha value is -2.71. The molecule has 3 N–H and O–H groups in total. The molecule has 1 aromatic carbocycles. The van der Waals surface area contributed by atoms with Crippen LogP contribution >= 0.6 is 0 Å². The normalized spacial score (nSPS) is 23.1. The van der Waals surface area contributed by atoms with Crippen LogP contribution in [0.25, 0.3) is 0 Å². The molecule has 1 heterocycles. The third-order valence-electron chi connectivity index (χ3n) is 5.33. The number of amides is 2. The van der Waals surface area contributed by atoms with E-state index in [2.05, 4.69) is 11.9 Å². The van der Waals surface area contributed by atoms with E-state index < -0.39 is 24.3 Å². The second-order valence-corrected chi connectivity index (χ2v) is 7.78. The average molecular weight is 433 g/mol. The summed E-state index contributed by atoms with van der Waals surface area (Å²) < 4.78 is 5.23. The van der Waals surface area contributed by atoms with E-state index in [1.54, 1.807) is 6.08 Å². The van der Waals surface area contributed by atoms with Crippen LogP contribution in [-0.2, 0) is 25.7 Å². The predicted octanol–water partition coefficient (Wildman–Crippen LogP) is 1.30. The third kappa shape index (κ3) is 7.48. The van der Waals surface area contributed by atoms with E-state index >= 15 is 0 Å². The monoisotopic (exact) mass is 432 g/mol. The van der Waals surface area contributed by atoms with Crippen LogP contribution in [0.4, 0.5) is 0 Å². The molecule has 0 bridgehead atoms. The zero-order valence-corrected chi connectivity index (χ0v) is 17.9. The minimum absolute atomic E-state index is 0.105. The maximum atomic E-state index is 12.8. The summed E-state index contributed by atoms with van der Waals surface area (Å²) in [5.41, 5.74) is 0.916. The standard InChI is InChI=1S/C23H32N2O6/c1-3-9-19-23(30)22(29)18(24-16(2)26)14-25(19)20(27)12-7-8-13-21(28)31-15-17-10-5-4-6-11-17/h3-6,10-11,18-19,22-23,29-30H,1,7-9,12-15H2,2H3,(H,24,26)/t18-,19+,22+,23-/m0/s1. The molecule has 1 fully saturated rings. The van der Waals surface area contributed by atoms with Crippen molar-refractivity contribution in [2.45, 2.75) is 69.9 Å². The van der Waals surface area contributed by atoms with E-state index in [0.29, 0.717) is 19.3 Å². The van der Waals surface area contributed by atoms with Gasteiger partial charge in [0.05, 0.1) is 12.1 Å². The summed E-state index contributed by atoms with van der Waals surface area (Å²) >= 11 is 0. The molecule has 0 saturated carbocycles. The van der Waals surface area contributed by atoms with Gasteiger partial charge in [0.25, 0.3) is 0 Å². The fourth-order valence-electron chi connectivity index (χ4n) is 3.72. The first kappa shape index (κ1) is 24.6. The molecule has 2 rings (SSSR count). The van der Waals surface area contributed by atoms with Crippen molar-refractivity contribution in [1.82, 2.24) is 10.2 Å². The number of hydrogen-bond acceptors (Lipinski definition) is 6. The number of rotatable bonds is 10. The molecule has 1 aliphatic heterocycles. The summed E-state index contributed by atoms with van der Waals surface area (Å²) in [5, 5.41) is 23.4. The van der Waals surface area contributed by atoms with E-state index in [9.17, 15) is 24.6 Å². The van der Waals surface area contributed by atoms with Gasteiger partial charge in [-0.2, -0.15) is 0 Å². The fourth-order valence-corrected chi connectivity index (χ4v) is 3.72. The lowest BCUT2D eigenvalue weighted by molar-refractivity contribution is -0.150. The van der Waals surface area contributed by atoms with Crippen LogP contribution in [0.5, 0.6) is 0 Å². The quantitative estimate of drug-likeness (QED) is 0.292. The average Bonchev–Trinajstić information content (AvgIpc) is 2.75. The van der Waals surface area contributed by atoms with Crippen LogP contribution in [0.3, 0.4) is 0 Å².